The van der Waals surface area contributed by atoms with Gasteiger partial charge in [0.1, 0.15) is 0 Å². The second-order valence-electron chi connectivity index (χ2n) is 6.44. The molecule has 0 aromatic heterocycles. The molecule has 0 atom stereocenters. The molecule has 2 aliphatic carbocycles. The SMILES string of the molecule is CCNC(=NCCC1CC1)NC1CCC(C(=O)OCC)CC1.I. The topological polar surface area (TPSA) is 62.7 Å². The van der Waals surface area contributed by atoms with E-state index in [1.54, 1.807) is 0 Å². The Morgan fingerprint density at radius 3 is 2.39 bits per heavy atom. The van der Waals surface area contributed by atoms with Crippen LogP contribution in [0.1, 0.15) is 58.8 Å². The van der Waals surface area contributed by atoms with Gasteiger partial charge in [-0.25, -0.2) is 0 Å². The summed E-state index contributed by atoms with van der Waals surface area (Å²) >= 11 is 0. The third kappa shape index (κ3) is 7.72. The quantitative estimate of drug-likeness (QED) is 0.278. The number of rotatable bonds is 7. The van der Waals surface area contributed by atoms with E-state index in [1.807, 2.05) is 6.92 Å². The summed E-state index contributed by atoms with van der Waals surface area (Å²) in [5.41, 5.74) is 0. The average molecular weight is 437 g/mol. The molecule has 2 saturated carbocycles. The summed E-state index contributed by atoms with van der Waals surface area (Å²) in [5, 5.41) is 6.85. The van der Waals surface area contributed by atoms with Gasteiger partial charge in [0.25, 0.3) is 0 Å². The van der Waals surface area contributed by atoms with E-state index in [1.165, 1.54) is 19.3 Å². The van der Waals surface area contributed by atoms with Crippen LogP contribution in [0, 0.1) is 11.8 Å². The fourth-order valence-corrected chi connectivity index (χ4v) is 3.01. The maximum absolute atomic E-state index is 11.8. The molecule has 0 aliphatic heterocycles. The van der Waals surface area contributed by atoms with Crippen molar-refractivity contribution in [3.05, 3.63) is 0 Å². The molecule has 6 heteroatoms. The molecule has 0 saturated heterocycles. The lowest BCUT2D eigenvalue weighted by molar-refractivity contribution is -0.149. The van der Waals surface area contributed by atoms with Crippen molar-refractivity contribution in [2.45, 2.75) is 64.8 Å². The second-order valence-corrected chi connectivity index (χ2v) is 6.44. The van der Waals surface area contributed by atoms with Crippen LogP contribution >= 0.6 is 24.0 Å². The van der Waals surface area contributed by atoms with Crippen molar-refractivity contribution in [2.24, 2.45) is 16.8 Å². The first-order valence-corrected chi connectivity index (χ1v) is 8.94. The van der Waals surface area contributed by atoms with Crippen LogP contribution in [0.5, 0.6) is 0 Å². The van der Waals surface area contributed by atoms with E-state index >= 15 is 0 Å². The number of carbonyl (C=O) groups excluding carboxylic acids is 1. The molecule has 0 aromatic carbocycles. The van der Waals surface area contributed by atoms with Gasteiger partial charge >= 0.3 is 5.97 Å². The number of hydrogen-bond acceptors (Lipinski definition) is 3. The molecule has 134 valence electrons. The van der Waals surface area contributed by atoms with Gasteiger partial charge in [-0.05, 0) is 51.9 Å². The molecule has 0 spiro atoms. The molecule has 0 aromatic rings. The van der Waals surface area contributed by atoms with Crippen molar-refractivity contribution in [3.8, 4) is 0 Å². The number of esters is 1. The highest BCUT2D eigenvalue weighted by molar-refractivity contribution is 14.0. The Bertz CT molecular complexity index is 378. The fraction of sp³-hybridized carbons (Fsp3) is 0.882. The second kappa shape index (κ2) is 11.1. The Kier molecular flexibility index (Phi) is 9.90. The van der Waals surface area contributed by atoms with Crippen LogP contribution in [0.4, 0.5) is 0 Å². The van der Waals surface area contributed by atoms with E-state index in [-0.39, 0.29) is 35.9 Å². The van der Waals surface area contributed by atoms with Crippen molar-refractivity contribution in [3.63, 3.8) is 0 Å². The van der Waals surface area contributed by atoms with Gasteiger partial charge < -0.3 is 15.4 Å². The summed E-state index contributed by atoms with van der Waals surface area (Å²) in [4.78, 5) is 16.4. The predicted molar refractivity (Wildman–Crippen MR) is 104 cm³/mol. The van der Waals surface area contributed by atoms with Crippen LogP contribution < -0.4 is 10.6 Å². The molecule has 23 heavy (non-hydrogen) atoms. The lowest BCUT2D eigenvalue weighted by Crippen LogP contribution is -2.45. The summed E-state index contributed by atoms with van der Waals surface area (Å²) in [6.45, 7) is 6.24. The molecule has 2 N–H and O–H groups in total. The van der Waals surface area contributed by atoms with E-state index in [2.05, 4.69) is 22.5 Å². The van der Waals surface area contributed by atoms with Gasteiger partial charge in [0.05, 0.1) is 12.5 Å². The van der Waals surface area contributed by atoms with Gasteiger partial charge in [0, 0.05) is 19.1 Å². The van der Waals surface area contributed by atoms with E-state index in [4.69, 9.17) is 4.74 Å². The predicted octanol–water partition coefficient (Wildman–Crippen LogP) is 3.08. The highest BCUT2D eigenvalue weighted by atomic mass is 127. The molecule has 0 bridgehead atoms. The number of carbonyl (C=O) groups is 1. The fourth-order valence-electron chi connectivity index (χ4n) is 3.01. The molecule has 0 unspecified atom stereocenters. The van der Waals surface area contributed by atoms with Crippen molar-refractivity contribution in [1.29, 1.82) is 0 Å². The Labute approximate surface area is 157 Å². The maximum atomic E-state index is 11.8. The normalized spacial score (nSPS) is 24.5. The van der Waals surface area contributed by atoms with Crippen LogP contribution in [0.3, 0.4) is 0 Å². The largest absolute Gasteiger partial charge is 0.466 e. The minimum absolute atomic E-state index is 0. The van der Waals surface area contributed by atoms with E-state index < -0.39 is 0 Å². The van der Waals surface area contributed by atoms with Crippen molar-refractivity contribution in [2.75, 3.05) is 19.7 Å². The first-order chi connectivity index (χ1) is 10.7. The summed E-state index contributed by atoms with van der Waals surface area (Å²) in [7, 11) is 0. The van der Waals surface area contributed by atoms with Crippen LogP contribution in [0.2, 0.25) is 0 Å². The number of ether oxygens (including phenoxy) is 1. The lowest BCUT2D eigenvalue weighted by Gasteiger charge is -2.29. The molecule has 0 radical (unpaired) electrons. The molecule has 2 aliphatic rings. The Morgan fingerprint density at radius 1 is 1.13 bits per heavy atom. The monoisotopic (exact) mass is 437 g/mol. The molecule has 2 rings (SSSR count). The number of nitrogens with zero attached hydrogens (tertiary/aromatic N) is 1. The number of aliphatic imine (C=N–C) groups is 1. The highest BCUT2D eigenvalue weighted by Crippen LogP contribution is 2.32. The van der Waals surface area contributed by atoms with E-state index in [0.717, 1.165) is 50.7 Å². The summed E-state index contributed by atoms with van der Waals surface area (Å²) < 4.78 is 5.12. The molecule has 2 fully saturated rings. The number of guanidine groups is 1. The van der Waals surface area contributed by atoms with Gasteiger partial charge in [-0.3, -0.25) is 9.79 Å². The number of nitrogens with one attached hydrogen (secondary N) is 2. The zero-order valence-electron chi connectivity index (χ0n) is 14.5. The molecular formula is C17H32IN3O2. The summed E-state index contributed by atoms with van der Waals surface area (Å²) in [6, 6.07) is 0.421. The van der Waals surface area contributed by atoms with Gasteiger partial charge in [0.2, 0.25) is 0 Å². The smallest absolute Gasteiger partial charge is 0.308 e. The van der Waals surface area contributed by atoms with Crippen LogP contribution in [0.15, 0.2) is 4.99 Å². The molecular weight excluding hydrogens is 405 g/mol. The highest BCUT2D eigenvalue weighted by Gasteiger charge is 2.27. The molecule has 0 heterocycles. The summed E-state index contributed by atoms with van der Waals surface area (Å²) in [5.74, 6) is 1.92. The van der Waals surface area contributed by atoms with Gasteiger partial charge in [-0.1, -0.05) is 12.8 Å². The number of hydrogen-bond donors (Lipinski definition) is 2. The van der Waals surface area contributed by atoms with Crippen molar-refractivity contribution >= 4 is 35.9 Å². The van der Waals surface area contributed by atoms with Crippen LogP contribution in [-0.4, -0.2) is 37.7 Å². The maximum Gasteiger partial charge on any atom is 0.308 e. The standard InChI is InChI=1S/C17H31N3O2.HI/c1-3-18-17(19-12-11-13-5-6-13)20-15-9-7-14(8-10-15)16(21)22-4-2;/h13-15H,3-12H2,1-2H3,(H2,18,19,20);1H. The minimum Gasteiger partial charge on any atom is -0.466 e. The van der Waals surface area contributed by atoms with Crippen LogP contribution in [0.25, 0.3) is 0 Å². The van der Waals surface area contributed by atoms with Gasteiger partial charge in [-0.15, -0.1) is 24.0 Å². The number of halogens is 1. The third-order valence-electron chi connectivity index (χ3n) is 4.54. The Hall–Kier alpha value is -0.530. The average Bonchev–Trinajstić information content (AvgIpc) is 3.32. The Morgan fingerprint density at radius 2 is 1.83 bits per heavy atom. The van der Waals surface area contributed by atoms with Crippen molar-refractivity contribution < 1.29 is 9.53 Å². The van der Waals surface area contributed by atoms with Crippen LogP contribution in [-0.2, 0) is 9.53 Å². The molecule has 0 amide bonds. The Balaban J connectivity index is 0.00000264. The van der Waals surface area contributed by atoms with E-state index in [9.17, 15) is 4.79 Å². The zero-order valence-corrected chi connectivity index (χ0v) is 16.8. The lowest BCUT2D eigenvalue weighted by atomic mass is 9.86. The summed E-state index contributed by atoms with van der Waals surface area (Å²) in [6.07, 6.45) is 7.84. The molecule has 5 nitrogen and oxygen atoms in total. The third-order valence-corrected chi connectivity index (χ3v) is 4.54. The minimum atomic E-state index is -0.0223. The first-order valence-electron chi connectivity index (χ1n) is 8.94. The van der Waals surface area contributed by atoms with Crippen molar-refractivity contribution in [1.82, 2.24) is 10.6 Å². The van der Waals surface area contributed by atoms with Gasteiger partial charge in [-0.2, -0.15) is 0 Å². The van der Waals surface area contributed by atoms with E-state index in [0.29, 0.717) is 12.6 Å². The zero-order chi connectivity index (χ0) is 15.8. The van der Waals surface area contributed by atoms with Gasteiger partial charge in [0.15, 0.2) is 5.96 Å². The first kappa shape index (κ1) is 20.5.